The number of carboxylic acids is 2. The van der Waals surface area contributed by atoms with Crippen LogP contribution in [0.1, 0.15) is 31.2 Å². The average Bonchev–Trinajstić information content (AvgIpc) is 3.35. The maximum Gasteiger partial charge on any atom is 0.335 e. The van der Waals surface area contributed by atoms with Crippen molar-refractivity contribution in [3.63, 3.8) is 0 Å². The van der Waals surface area contributed by atoms with E-state index in [-0.39, 0.29) is 29.1 Å². The maximum atomic E-state index is 13.7. The molecule has 2 N–H and O–H groups in total. The SMILES string of the molecule is O=C(O)c1ccc(-c2ccc(CN(C(=O)c3ccc(Cl)cc3Cl)[C@@H](Cc3ccccc3)C(=O)O)s2)cc1. The molecule has 188 valence electrons. The molecule has 0 unspecified atom stereocenters. The molecule has 3 aromatic carbocycles. The van der Waals surface area contributed by atoms with Crippen LogP contribution in [0, 0.1) is 0 Å². The Labute approximate surface area is 227 Å². The predicted molar refractivity (Wildman–Crippen MR) is 145 cm³/mol. The zero-order valence-electron chi connectivity index (χ0n) is 19.3. The van der Waals surface area contributed by atoms with Crippen molar-refractivity contribution in [2.75, 3.05) is 0 Å². The smallest absolute Gasteiger partial charge is 0.335 e. The van der Waals surface area contributed by atoms with Crippen molar-refractivity contribution in [3.05, 3.63) is 117 Å². The second-order valence-corrected chi connectivity index (χ2v) is 10.3. The molecule has 0 radical (unpaired) electrons. The van der Waals surface area contributed by atoms with Gasteiger partial charge in [0.25, 0.3) is 5.91 Å². The minimum atomic E-state index is -1.15. The highest BCUT2D eigenvalue weighted by atomic mass is 35.5. The number of amides is 1. The molecule has 37 heavy (non-hydrogen) atoms. The average molecular weight is 554 g/mol. The van der Waals surface area contributed by atoms with Crippen LogP contribution in [0.2, 0.25) is 10.0 Å². The van der Waals surface area contributed by atoms with E-state index in [1.165, 1.54) is 46.6 Å². The molecule has 0 saturated carbocycles. The molecule has 0 aliphatic heterocycles. The largest absolute Gasteiger partial charge is 0.480 e. The summed E-state index contributed by atoms with van der Waals surface area (Å²) in [6.07, 6.45) is 0.113. The summed E-state index contributed by atoms with van der Waals surface area (Å²) >= 11 is 13.7. The Bertz CT molecular complexity index is 1440. The summed E-state index contributed by atoms with van der Waals surface area (Å²) in [7, 11) is 0. The fourth-order valence-corrected chi connectivity index (χ4v) is 5.37. The number of aliphatic carboxylic acids is 1. The van der Waals surface area contributed by atoms with Gasteiger partial charge in [0.2, 0.25) is 0 Å². The number of thiophene rings is 1. The van der Waals surface area contributed by atoms with Gasteiger partial charge in [0.05, 0.1) is 22.7 Å². The molecule has 4 aromatic rings. The maximum absolute atomic E-state index is 13.7. The summed E-state index contributed by atoms with van der Waals surface area (Å²) in [4.78, 5) is 40.2. The van der Waals surface area contributed by atoms with E-state index >= 15 is 0 Å². The van der Waals surface area contributed by atoms with Crippen LogP contribution in [0.4, 0.5) is 0 Å². The highest BCUT2D eigenvalue weighted by Crippen LogP contribution is 2.31. The Morgan fingerprint density at radius 3 is 2.19 bits per heavy atom. The molecule has 0 bridgehead atoms. The van der Waals surface area contributed by atoms with E-state index in [0.29, 0.717) is 5.02 Å². The first-order valence-electron chi connectivity index (χ1n) is 11.2. The Kier molecular flexibility index (Phi) is 8.28. The van der Waals surface area contributed by atoms with E-state index in [2.05, 4.69) is 0 Å². The summed E-state index contributed by atoms with van der Waals surface area (Å²) in [6.45, 7) is 0.0411. The number of hydrogen-bond acceptors (Lipinski definition) is 4. The van der Waals surface area contributed by atoms with Crippen LogP contribution in [-0.2, 0) is 17.8 Å². The fraction of sp³-hybridized carbons (Fsp3) is 0.107. The van der Waals surface area contributed by atoms with Crippen molar-refractivity contribution in [3.8, 4) is 10.4 Å². The zero-order chi connectivity index (χ0) is 26.5. The topological polar surface area (TPSA) is 94.9 Å². The van der Waals surface area contributed by atoms with Crippen molar-refractivity contribution >= 4 is 52.4 Å². The standard InChI is InChI=1S/C28H21Cl2NO5S/c29-20-10-12-22(23(30)15-20)26(32)31(24(28(35)36)14-17-4-2-1-3-5-17)16-21-11-13-25(37-21)18-6-8-19(9-7-18)27(33)34/h1-13,15,24H,14,16H2,(H,33,34)(H,35,36)/t24-/m0/s1. The van der Waals surface area contributed by atoms with Gasteiger partial charge in [-0.1, -0.05) is 65.7 Å². The molecule has 0 aliphatic rings. The van der Waals surface area contributed by atoms with Crippen LogP contribution < -0.4 is 0 Å². The first-order valence-corrected chi connectivity index (χ1v) is 12.8. The number of aromatic carboxylic acids is 1. The summed E-state index contributed by atoms with van der Waals surface area (Å²) in [5.41, 5.74) is 1.94. The van der Waals surface area contributed by atoms with Crippen LogP contribution in [-0.4, -0.2) is 39.0 Å². The summed E-state index contributed by atoms with van der Waals surface area (Å²) in [5.74, 6) is -2.67. The molecule has 6 nitrogen and oxygen atoms in total. The molecule has 1 atom stereocenters. The fourth-order valence-electron chi connectivity index (χ4n) is 3.87. The molecule has 9 heteroatoms. The highest BCUT2D eigenvalue weighted by Gasteiger charge is 2.32. The van der Waals surface area contributed by atoms with Crippen LogP contribution in [0.15, 0.2) is 84.9 Å². The number of benzene rings is 3. The van der Waals surface area contributed by atoms with Gasteiger partial charge in [-0.2, -0.15) is 0 Å². The second kappa shape index (κ2) is 11.6. The lowest BCUT2D eigenvalue weighted by Gasteiger charge is -2.29. The monoisotopic (exact) mass is 553 g/mol. The van der Waals surface area contributed by atoms with E-state index in [9.17, 15) is 19.5 Å². The van der Waals surface area contributed by atoms with Crippen molar-refractivity contribution in [1.29, 1.82) is 0 Å². The van der Waals surface area contributed by atoms with Crippen LogP contribution >= 0.6 is 34.5 Å². The van der Waals surface area contributed by atoms with E-state index in [1.807, 2.05) is 42.5 Å². The van der Waals surface area contributed by atoms with E-state index in [1.54, 1.807) is 12.1 Å². The van der Waals surface area contributed by atoms with Gasteiger partial charge in [0.1, 0.15) is 6.04 Å². The number of rotatable bonds is 9. The van der Waals surface area contributed by atoms with Gasteiger partial charge < -0.3 is 15.1 Å². The molecule has 0 aliphatic carbocycles. The summed E-state index contributed by atoms with van der Waals surface area (Å²) < 4.78 is 0. The molecule has 0 fully saturated rings. The number of carbonyl (C=O) groups is 3. The molecule has 1 aromatic heterocycles. The molecule has 1 heterocycles. The number of hydrogen-bond donors (Lipinski definition) is 2. The lowest BCUT2D eigenvalue weighted by molar-refractivity contribution is -0.142. The van der Waals surface area contributed by atoms with Crippen LogP contribution in [0.3, 0.4) is 0 Å². The van der Waals surface area contributed by atoms with Gasteiger partial charge in [-0.25, -0.2) is 9.59 Å². The second-order valence-electron chi connectivity index (χ2n) is 8.25. The van der Waals surface area contributed by atoms with Gasteiger partial charge in [0.15, 0.2) is 0 Å². The van der Waals surface area contributed by atoms with E-state index in [4.69, 9.17) is 28.3 Å². The normalized spacial score (nSPS) is 11.6. The minimum Gasteiger partial charge on any atom is -0.480 e. The summed E-state index contributed by atoms with van der Waals surface area (Å²) in [6, 6.07) is 22.6. The molecule has 0 spiro atoms. The third-order valence-corrected chi connectivity index (χ3v) is 7.43. The first kappa shape index (κ1) is 26.4. The quantitative estimate of drug-likeness (QED) is 0.239. The lowest BCUT2D eigenvalue weighted by atomic mass is 10.0. The first-order chi connectivity index (χ1) is 17.7. The van der Waals surface area contributed by atoms with Crippen molar-refractivity contribution in [1.82, 2.24) is 4.90 Å². The van der Waals surface area contributed by atoms with Gasteiger partial charge in [0, 0.05) is 21.2 Å². The Morgan fingerprint density at radius 1 is 0.865 bits per heavy atom. The van der Waals surface area contributed by atoms with Crippen LogP contribution in [0.5, 0.6) is 0 Å². The van der Waals surface area contributed by atoms with Gasteiger partial charge >= 0.3 is 11.9 Å². The predicted octanol–water partition coefficient (Wildman–Crippen LogP) is 6.76. The minimum absolute atomic E-state index is 0.0411. The molecular weight excluding hydrogens is 533 g/mol. The molecule has 1 amide bonds. The van der Waals surface area contributed by atoms with Gasteiger partial charge in [-0.05, 0) is 53.6 Å². The molecule has 0 saturated heterocycles. The zero-order valence-corrected chi connectivity index (χ0v) is 21.6. The van der Waals surface area contributed by atoms with E-state index in [0.717, 1.165) is 20.9 Å². The van der Waals surface area contributed by atoms with E-state index < -0.39 is 23.9 Å². The number of nitrogens with zero attached hydrogens (tertiary/aromatic N) is 1. The molecule has 4 rings (SSSR count). The van der Waals surface area contributed by atoms with Gasteiger partial charge in [-0.15, -0.1) is 11.3 Å². The number of carboxylic acid groups (broad SMARTS) is 2. The number of halogens is 2. The highest BCUT2D eigenvalue weighted by molar-refractivity contribution is 7.15. The lowest BCUT2D eigenvalue weighted by Crippen LogP contribution is -2.46. The Hall–Kier alpha value is -3.65. The summed E-state index contributed by atoms with van der Waals surface area (Å²) in [5, 5.41) is 19.8. The Morgan fingerprint density at radius 2 is 1.57 bits per heavy atom. The molecular formula is C28H21Cl2NO5S. The van der Waals surface area contributed by atoms with Crippen molar-refractivity contribution < 1.29 is 24.6 Å². The van der Waals surface area contributed by atoms with Gasteiger partial charge in [-0.3, -0.25) is 4.79 Å². The third-order valence-electron chi connectivity index (χ3n) is 5.76. The van der Waals surface area contributed by atoms with Crippen molar-refractivity contribution in [2.45, 2.75) is 19.0 Å². The third kappa shape index (κ3) is 6.38. The Balaban J connectivity index is 1.68. The van der Waals surface area contributed by atoms with Crippen molar-refractivity contribution in [2.24, 2.45) is 0 Å². The van der Waals surface area contributed by atoms with Crippen LogP contribution in [0.25, 0.3) is 10.4 Å². The number of carbonyl (C=O) groups excluding carboxylic acids is 1.